The molecule has 0 atom stereocenters. The van der Waals surface area contributed by atoms with Crippen LogP contribution in [-0.2, 0) is 6.54 Å². The van der Waals surface area contributed by atoms with Crippen LogP contribution in [0, 0.1) is 0 Å². The van der Waals surface area contributed by atoms with Gasteiger partial charge in [0.25, 0.3) is 5.91 Å². The van der Waals surface area contributed by atoms with Gasteiger partial charge in [-0.15, -0.1) is 6.58 Å². The first-order valence-corrected chi connectivity index (χ1v) is 4.32. The molecule has 3 N–H and O–H groups in total. The number of nitrogens with zero attached hydrogens (tertiary/aromatic N) is 1. The lowest BCUT2D eigenvalue weighted by Gasteiger charge is -2.01. The molecule has 74 valence electrons. The number of amides is 1. The van der Waals surface area contributed by atoms with Crippen LogP contribution in [0.3, 0.4) is 0 Å². The van der Waals surface area contributed by atoms with E-state index in [-0.39, 0.29) is 5.91 Å². The van der Waals surface area contributed by atoms with Crippen molar-refractivity contribution in [3.8, 4) is 0 Å². The normalized spacial score (nSPS) is 9.50. The van der Waals surface area contributed by atoms with Crippen molar-refractivity contribution in [2.24, 2.45) is 5.73 Å². The van der Waals surface area contributed by atoms with Crippen LogP contribution in [0.15, 0.2) is 31.0 Å². The third-order valence-electron chi connectivity index (χ3n) is 1.70. The fourth-order valence-electron chi connectivity index (χ4n) is 0.935. The number of nitrogens with two attached hydrogens (primary N) is 1. The molecule has 0 unspecified atom stereocenters. The Balaban J connectivity index is 2.66. The van der Waals surface area contributed by atoms with Crippen LogP contribution in [0.2, 0.25) is 0 Å². The minimum absolute atomic E-state index is 0.200. The van der Waals surface area contributed by atoms with Crippen LogP contribution >= 0.6 is 0 Å². The van der Waals surface area contributed by atoms with Gasteiger partial charge >= 0.3 is 0 Å². The molecule has 1 aromatic heterocycles. The third kappa shape index (κ3) is 2.67. The van der Waals surface area contributed by atoms with E-state index >= 15 is 0 Å². The Morgan fingerprint density at radius 3 is 2.93 bits per heavy atom. The van der Waals surface area contributed by atoms with Crippen molar-refractivity contribution in [1.82, 2.24) is 10.3 Å². The number of nitrogens with one attached hydrogen (secondary N) is 1. The van der Waals surface area contributed by atoms with Gasteiger partial charge in [0.05, 0.1) is 0 Å². The molecular weight excluding hydrogens is 178 g/mol. The SMILES string of the molecule is C=CCNC(=O)c1ccc(CN)cn1. The Labute approximate surface area is 82.8 Å². The van der Waals surface area contributed by atoms with E-state index in [1.807, 2.05) is 0 Å². The van der Waals surface area contributed by atoms with Crippen LogP contribution in [0.25, 0.3) is 0 Å². The number of hydrogen-bond acceptors (Lipinski definition) is 3. The lowest BCUT2D eigenvalue weighted by Crippen LogP contribution is -2.24. The standard InChI is InChI=1S/C10H13N3O/c1-2-5-12-10(14)9-4-3-8(6-11)7-13-9/h2-4,7H,1,5-6,11H2,(H,12,14). The van der Waals surface area contributed by atoms with Crippen molar-refractivity contribution in [3.05, 3.63) is 42.2 Å². The molecule has 0 saturated carbocycles. The van der Waals surface area contributed by atoms with Gasteiger partial charge in [-0.2, -0.15) is 0 Å². The van der Waals surface area contributed by atoms with Gasteiger partial charge in [-0.25, -0.2) is 0 Å². The summed E-state index contributed by atoms with van der Waals surface area (Å²) in [6.45, 7) is 4.38. The highest BCUT2D eigenvalue weighted by molar-refractivity contribution is 5.92. The molecule has 4 heteroatoms. The Hall–Kier alpha value is -1.68. The molecule has 14 heavy (non-hydrogen) atoms. The Bertz CT molecular complexity index is 319. The zero-order valence-corrected chi connectivity index (χ0v) is 7.86. The first-order valence-electron chi connectivity index (χ1n) is 4.32. The molecule has 0 aromatic carbocycles. The lowest BCUT2D eigenvalue weighted by molar-refractivity contribution is 0.0953. The van der Waals surface area contributed by atoms with Gasteiger partial charge in [-0.3, -0.25) is 9.78 Å². The summed E-state index contributed by atoms with van der Waals surface area (Å²) in [5, 5.41) is 2.64. The first kappa shape index (κ1) is 10.4. The van der Waals surface area contributed by atoms with E-state index < -0.39 is 0 Å². The van der Waals surface area contributed by atoms with Crippen molar-refractivity contribution in [3.63, 3.8) is 0 Å². The highest BCUT2D eigenvalue weighted by atomic mass is 16.1. The summed E-state index contributed by atoms with van der Waals surface area (Å²) in [7, 11) is 0. The van der Waals surface area contributed by atoms with E-state index in [1.165, 1.54) is 0 Å². The van der Waals surface area contributed by atoms with Crippen molar-refractivity contribution in [1.29, 1.82) is 0 Å². The summed E-state index contributed by atoms with van der Waals surface area (Å²) < 4.78 is 0. The zero-order valence-electron chi connectivity index (χ0n) is 7.86. The quantitative estimate of drug-likeness (QED) is 0.679. The number of hydrogen-bond donors (Lipinski definition) is 2. The number of carbonyl (C=O) groups excluding carboxylic acids is 1. The molecule has 1 rings (SSSR count). The maximum Gasteiger partial charge on any atom is 0.270 e. The summed E-state index contributed by atoms with van der Waals surface area (Å²) in [5.41, 5.74) is 6.70. The maximum atomic E-state index is 11.4. The minimum atomic E-state index is -0.200. The minimum Gasteiger partial charge on any atom is -0.347 e. The third-order valence-corrected chi connectivity index (χ3v) is 1.70. The predicted octanol–water partition coefficient (Wildman–Crippen LogP) is 0.456. The highest BCUT2D eigenvalue weighted by Crippen LogP contribution is 1.98. The molecule has 0 saturated heterocycles. The van der Waals surface area contributed by atoms with Crippen molar-refractivity contribution in [2.75, 3.05) is 6.54 Å². The van der Waals surface area contributed by atoms with Crippen LogP contribution in [-0.4, -0.2) is 17.4 Å². The number of rotatable bonds is 4. The molecule has 1 aromatic rings. The summed E-state index contributed by atoms with van der Waals surface area (Å²) >= 11 is 0. The monoisotopic (exact) mass is 191 g/mol. The topological polar surface area (TPSA) is 68.0 Å². The van der Waals surface area contributed by atoms with Gasteiger partial charge in [0, 0.05) is 19.3 Å². The van der Waals surface area contributed by atoms with Crippen molar-refractivity contribution < 1.29 is 4.79 Å². The van der Waals surface area contributed by atoms with Gasteiger partial charge in [0.2, 0.25) is 0 Å². The van der Waals surface area contributed by atoms with E-state index in [2.05, 4.69) is 16.9 Å². The van der Waals surface area contributed by atoms with E-state index in [4.69, 9.17) is 5.73 Å². The first-order chi connectivity index (χ1) is 6.77. The molecule has 0 spiro atoms. The van der Waals surface area contributed by atoms with Gasteiger partial charge in [0.15, 0.2) is 0 Å². The Kier molecular flexibility index (Phi) is 3.82. The molecule has 0 aliphatic carbocycles. The second-order valence-corrected chi connectivity index (χ2v) is 2.75. The van der Waals surface area contributed by atoms with Crippen LogP contribution in [0.1, 0.15) is 16.1 Å². The average molecular weight is 191 g/mol. The highest BCUT2D eigenvalue weighted by Gasteiger charge is 2.04. The second kappa shape index (κ2) is 5.14. The van der Waals surface area contributed by atoms with Gasteiger partial charge < -0.3 is 11.1 Å². The molecule has 1 amide bonds. The number of carbonyl (C=O) groups is 1. The predicted molar refractivity (Wildman–Crippen MR) is 54.7 cm³/mol. The maximum absolute atomic E-state index is 11.4. The number of pyridine rings is 1. The summed E-state index contributed by atoms with van der Waals surface area (Å²) in [6, 6.07) is 3.44. The molecule has 0 radical (unpaired) electrons. The van der Waals surface area contributed by atoms with Crippen molar-refractivity contribution >= 4 is 5.91 Å². The molecule has 0 bridgehead atoms. The van der Waals surface area contributed by atoms with E-state index in [0.717, 1.165) is 5.56 Å². The molecule has 0 aliphatic rings. The Morgan fingerprint density at radius 2 is 2.43 bits per heavy atom. The van der Waals surface area contributed by atoms with E-state index in [0.29, 0.717) is 18.8 Å². The summed E-state index contributed by atoms with van der Waals surface area (Å²) in [4.78, 5) is 15.3. The molecule has 0 aliphatic heterocycles. The summed E-state index contributed by atoms with van der Waals surface area (Å²) in [6.07, 6.45) is 3.22. The second-order valence-electron chi connectivity index (χ2n) is 2.75. The van der Waals surface area contributed by atoms with Crippen molar-refractivity contribution in [2.45, 2.75) is 6.54 Å². The van der Waals surface area contributed by atoms with Gasteiger partial charge in [0.1, 0.15) is 5.69 Å². The molecule has 1 heterocycles. The molecule has 4 nitrogen and oxygen atoms in total. The smallest absolute Gasteiger partial charge is 0.270 e. The summed E-state index contributed by atoms with van der Waals surface area (Å²) in [5.74, 6) is -0.200. The van der Waals surface area contributed by atoms with Crippen LogP contribution in [0.4, 0.5) is 0 Å². The fourth-order valence-corrected chi connectivity index (χ4v) is 0.935. The van der Waals surface area contributed by atoms with Crippen LogP contribution < -0.4 is 11.1 Å². The molecule has 0 fully saturated rings. The van der Waals surface area contributed by atoms with Gasteiger partial charge in [-0.05, 0) is 11.6 Å². The number of aromatic nitrogens is 1. The Morgan fingerprint density at radius 1 is 1.64 bits per heavy atom. The van der Waals surface area contributed by atoms with Gasteiger partial charge in [-0.1, -0.05) is 12.1 Å². The fraction of sp³-hybridized carbons (Fsp3) is 0.200. The zero-order chi connectivity index (χ0) is 10.4. The largest absolute Gasteiger partial charge is 0.347 e. The molecular formula is C10H13N3O. The lowest BCUT2D eigenvalue weighted by atomic mass is 10.2. The van der Waals surface area contributed by atoms with E-state index in [1.54, 1.807) is 24.4 Å². The van der Waals surface area contributed by atoms with Crippen LogP contribution in [0.5, 0.6) is 0 Å². The average Bonchev–Trinajstić information content (AvgIpc) is 2.26. The van der Waals surface area contributed by atoms with E-state index in [9.17, 15) is 4.79 Å².